The maximum absolute atomic E-state index is 11.7. The minimum Gasteiger partial charge on any atom is -0.465 e. The molecule has 1 aliphatic heterocycles. The molecule has 2 nitrogen and oxygen atoms in total. The maximum Gasteiger partial charge on any atom is 0.309 e. The number of cyclic esters (lactones) is 1. The van der Waals surface area contributed by atoms with Crippen molar-refractivity contribution in [2.45, 2.75) is 26.7 Å². The molecule has 2 aliphatic carbocycles. The first-order chi connectivity index (χ1) is 6.70. The van der Waals surface area contributed by atoms with Gasteiger partial charge in [-0.3, -0.25) is 4.79 Å². The molecule has 0 radical (unpaired) electrons. The smallest absolute Gasteiger partial charge is 0.309 e. The number of rotatable bonds is 0. The van der Waals surface area contributed by atoms with Crippen molar-refractivity contribution >= 4 is 5.97 Å². The molecule has 6 unspecified atom stereocenters. The van der Waals surface area contributed by atoms with Crippen molar-refractivity contribution in [1.82, 2.24) is 0 Å². The van der Waals surface area contributed by atoms with E-state index >= 15 is 0 Å². The van der Waals surface area contributed by atoms with Crippen LogP contribution in [0.15, 0.2) is 0 Å². The summed E-state index contributed by atoms with van der Waals surface area (Å²) in [7, 11) is 0. The standard InChI is InChI=1S/C12H18O2/c1-6-7(2)10-5-9(6)8-3-4-14-12(13)11(8)10/h6-11H,3-5H2,1-2H3. The van der Waals surface area contributed by atoms with Gasteiger partial charge in [-0.2, -0.15) is 0 Å². The minimum absolute atomic E-state index is 0.104. The quantitative estimate of drug-likeness (QED) is 0.552. The summed E-state index contributed by atoms with van der Waals surface area (Å²) in [6.07, 6.45) is 2.40. The Hall–Kier alpha value is -0.530. The third-order valence-electron chi connectivity index (χ3n) is 5.16. The average molecular weight is 194 g/mol. The van der Waals surface area contributed by atoms with E-state index in [1.807, 2.05) is 0 Å². The van der Waals surface area contributed by atoms with Gasteiger partial charge in [0.25, 0.3) is 0 Å². The highest BCUT2D eigenvalue weighted by Crippen LogP contribution is 2.60. The van der Waals surface area contributed by atoms with Crippen LogP contribution in [0.3, 0.4) is 0 Å². The van der Waals surface area contributed by atoms with Crippen LogP contribution in [0.25, 0.3) is 0 Å². The first-order valence-electron chi connectivity index (χ1n) is 5.87. The van der Waals surface area contributed by atoms with E-state index in [0.29, 0.717) is 18.4 Å². The van der Waals surface area contributed by atoms with Gasteiger partial charge in [0.1, 0.15) is 0 Å². The Balaban J connectivity index is 1.93. The Labute approximate surface area is 85.0 Å². The minimum atomic E-state index is 0.104. The number of hydrogen-bond donors (Lipinski definition) is 0. The van der Waals surface area contributed by atoms with Crippen molar-refractivity contribution in [3.05, 3.63) is 0 Å². The molecule has 2 bridgehead atoms. The van der Waals surface area contributed by atoms with Crippen LogP contribution in [0, 0.1) is 35.5 Å². The predicted octanol–water partition coefficient (Wildman–Crippen LogP) is 2.09. The molecule has 14 heavy (non-hydrogen) atoms. The van der Waals surface area contributed by atoms with Crippen LogP contribution in [0.5, 0.6) is 0 Å². The molecule has 2 heteroatoms. The lowest BCUT2D eigenvalue weighted by molar-refractivity contribution is -0.161. The number of esters is 1. The van der Waals surface area contributed by atoms with Gasteiger partial charge in [0.2, 0.25) is 0 Å². The van der Waals surface area contributed by atoms with E-state index < -0.39 is 0 Å². The van der Waals surface area contributed by atoms with Gasteiger partial charge < -0.3 is 4.74 Å². The fourth-order valence-electron chi connectivity index (χ4n) is 4.28. The van der Waals surface area contributed by atoms with Crippen LogP contribution in [-0.2, 0) is 9.53 Å². The van der Waals surface area contributed by atoms with Gasteiger partial charge in [-0.05, 0) is 42.4 Å². The largest absolute Gasteiger partial charge is 0.465 e. The van der Waals surface area contributed by atoms with Gasteiger partial charge in [-0.15, -0.1) is 0 Å². The number of carbonyl (C=O) groups excluding carboxylic acids is 1. The van der Waals surface area contributed by atoms with E-state index in [0.717, 1.165) is 24.2 Å². The molecule has 0 spiro atoms. The van der Waals surface area contributed by atoms with E-state index in [4.69, 9.17) is 4.74 Å². The third kappa shape index (κ3) is 0.896. The summed E-state index contributed by atoms with van der Waals surface area (Å²) in [5, 5.41) is 0. The van der Waals surface area contributed by atoms with Gasteiger partial charge >= 0.3 is 5.97 Å². The van der Waals surface area contributed by atoms with Crippen molar-refractivity contribution in [1.29, 1.82) is 0 Å². The molecule has 3 fully saturated rings. The Bertz CT molecular complexity index is 271. The van der Waals surface area contributed by atoms with E-state index in [-0.39, 0.29) is 11.9 Å². The monoisotopic (exact) mass is 194 g/mol. The highest BCUT2D eigenvalue weighted by molar-refractivity contribution is 5.74. The second kappa shape index (κ2) is 2.74. The average Bonchev–Trinajstić information content (AvgIpc) is 2.67. The second-order valence-corrected chi connectivity index (χ2v) is 5.43. The highest BCUT2D eigenvalue weighted by atomic mass is 16.5. The van der Waals surface area contributed by atoms with Crippen LogP contribution in [0.1, 0.15) is 26.7 Å². The summed E-state index contributed by atoms with van der Waals surface area (Å²) in [4.78, 5) is 11.7. The third-order valence-corrected chi connectivity index (χ3v) is 5.16. The normalized spacial score (nSPS) is 55.7. The SMILES string of the molecule is CC1C(C)C2CC1C1CCOC(=O)C21. The lowest BCUT2D eigenvalue weighted by Crippen LogP contribution is -2.41. The van der Waals surface area contributed by atoms with Crippen molar-refractivity contribution in [2.24, 2.45) is 35.5 Å². The highest BCUT2D eigenvalue weighted by Gasteiger charge is 2.58. The fourth-order valence-corrected chi connectivity index (χ4v) is 4.28. The zero-order chi connectivity index (χ0) is 9.87. The molecule has 0 amide bonds. The Morgan fingerprint density at radius 1 is 1.14 bits per heavy atom. The molecule has 0 aromatic heterocycles. The first-order valence-corrected chi connectivity index (χ1v) is 5.87. The summed E-state index contributed by atoms with van der Waals surface area (Å²) in [6.45, 7) is 5.35. The van der Waals surface area contributed by atoms with Crippen molar-refractivity contribution in [2.75, 3.05) is 6.61 Å². The van der Waals surface area contributed by atoms with Crippen LogP contribution in [0.4, 0.5) is 0 Å². The van der Waals surface area contributed by atoms with Crippen molar-refractivity contribution in [3.63, 3.8) is 0 Å². The second-order valence-electron chi connectivity index (χ2n) is 5.43. The topological polar surface area (TPSA) is 26.3 Å². The van der Waals surface area contributed by atoms with E-state index in [1.54, 1.807) is 0 Å². The number of carbonyl (C=O) groups is 1. The van der Waals surface area contributed by atoms with Crippen molar-refractivity contribution in [3.8, 4) is 0 Å². The first kappa shape index (κ1) is 8.75. The summed E-state index contributed by atoms with van der Waals surface area (Å²) >= 11 is 0. The molecular formula is C12H18O2. The Morgan fingerprint density at radius 2 is 1.86 bits per heavy atom. The number of hydrogen-bond acceptors (Lipinski definition) is 2. The molecule has 78 valence electrons. The molecule has 0 aromatic carbocycles. The van der Waals surface area contributed by atoms with Crippen LogP contribution in [-0.4, -0.2) is 12.6 Å². The van der Waals surface area contributed by atoms with Crippen molar-refractivity contribution < 1.29 is 9.53 Å². The van der Waals surface area contributed by atoms with Gasteiger partial charge in [0.05, 0.1) is 12.5 Å². The van der Waals surface area contributed by atoms with E-state index in [1.165, 1.54) is 6.42 Å². The van der Waals surface area contributed by atoms with E-state index in [9.17, 15) is 4.79 Å². The summed E-state index contributed by atoms with van der Waals surface area (Å²) in [5.41, 5.74) is 0. The van der Waals surface area contributed by atoms with Crippen LogP contribution >= 0.6 is 0 Å². The number of fused-ring (bicyclic) bond motifs is 5. The summed E-state index contributed by atoms with van der Waals surface area (Å²) in [6, 6.07) is 0. The van der Waals surface area contributed by atoms with Gasteiger partial charge in [0.15, 0.2) is 0 Å². The van der Waals surface area contributed by atoms with Gasteiger partial charge in [-0.25, -0.2) is 0 Å². The van der Waals surface area contributed by atoms with Crippen LogP contribution < -0.4 is 0 Å². The maximum atomic E-state index is 11.7. The Morgan fingerprint density at radius 3 is 2.64 bits per heavy atom. The van der Waals surface area contributed by atoms with Gasteiger partial charge in [0, 0.05) is 0 Å². The lowest BCUT2D eigenvalue weighted by atomic mass is 9.68. The number of ether oxygens (including phenoxy) is 1. The molecule has 3 aliphatic rings. The zero-order valence-electron chi connectivity index (χ0n) is 8.90. The Kier molecular flexibility index (Phi) is 1.71. The summed E-state index contributed by atoms with van der Waals surface area (Å²) in [5.74, 6) is 4.03. The zero-order valence-corrected chi connectivity index (χ0v) is 8.90. The van der Waals surface area contributed by atoms with E-state index in [2.05, 4.69) is 13.8 Å². The van der Waals surface area contributed by atoms with Crippen LogP contribution in [0.2, 0.25) is 0 Å². The molecule has 3 rings (SSSR count). The summed E-state index contributed by atoms with van der Waals surface area (Å²) < 4.78 is 5.19. The van der Waals surface area contributed by atoms with Gasteiger partial charge in [-0.1, -0.05) is 13.8 Å². The molecule has 0 aromatic rings. The predicted molar refractivity (Wildman–Crippen MR) is 52.5 cm³/mol. The lowest BCUT2D eigenvalue weighted by Gasteiger charge is -2.39. The fraction of sp³-hybridized carbons (Fsp3) is 0.917. The molecule has 2 saturated carbocycles. The molecule has 0 N–H and O–H groups in total. The molecular weight excluding hydrogens is 176 g/mol. The molecule has 6 atom stereocenters. The molecule has 1 saturated heterocycles. The molecule has 1 heterocycles.